The van der Waals surface area contributed by atoms with Gasteiger partial charge in [-0.2, -0.15) is 5.10 Å². The van der Waals surface area contributed by atoms with Crippen LogP contribution in [0.15, 0.2) is 71.3 Å². The molecule has 1 N–H and O–H groups in total. The fourth-order valence-electron chi connectivity index (χ4n) is 3.25. The predicted octanol–water partition coefficient (Wildman–Crippen LogP) is 4.69. The molecule has 0 unspecified atom stereocenters. The molecule has 2 heterocycles. The summed E-state index contributed by atoms with van der Waals surface area (Å²) in [5.41, 5.74) is 5.07. The van der Waals surface area contributed by atoms with Gasteiger partial charge in [0.25, 0.3) is 5.91 Å². The van der Waals surface area contributed by atoms with E-state index in [0.717, 1.165) is 28.1 Å². The van der Waals surface area contributed by atoms with E-state index in [1.54, 1.807) is 30.2 Å². The number of aromatic nitrogens is 2. The largest absolute Gasteiger partial charge is 0.497 e. The molecule has 0 radical (unpaired) electrons. The van der Waals surface area contributed by atoms with E-state index in [-0.39, 0.29) is 5.91 Å². The third-order valence-electron chi connectivity index (χ3n) is 4.92. The van der Waals surface area contributed by atoms with Crippen LogP contribution in [0.5, 0.6) is 5.75 Å². The molecule has 2 aromatic heterocycles. The summed E-state index contributed by atoms with van der Waals surface area (Å²) < 4.78 is 12.3. The number of benzene rings is 2. The normalized spacial score (nSPS) is 10.8. The van der Waals surface area contributed by atoms with Crippen molar-refractivity contribution < 1.29 is 13.9 Å². The van der Waals surface area contributed by atoms with E-state index >= 15 is 0 Å². The zero-order valence-electron chi connectivity index (χ0n) is 17.2. The van der Waals surface area contributed by atoms with Gasteiger partial charge in [0.1, 0.15) is 17.2 Å². The Balaban J connectivity index is 1.74. The number of furan rings is 1. The van der Waals surface area contributed by atoms with E-state index in [2.05, 4.69) is 5.32 Å². The Morgan fingerprint density at radius 2 is 1.90 bits per heavy atom. The highest BCUT2D eigenvalue weighted by Crippen LogP contribution is 2.25. The molecule has 0 fully saturated rings. The molecule has 4 rings (SSSR count). The van der Waals surface area contributed by atoms with E-state index in [4.69, 9.17) is 14.3 Å². The van der Waals surface area contributed by atoms with E-state index in [0.29, 0.717) is 23.7 Å². The van der Waals surface area contributed by atoms with E-state index in [1.807, 2.05) is 62.4 Å². The predicted molar refractivity (Wildman–Crippen MR) is 115 cm³/mol. The monoisotopic (exact) mass is 401 g/mol. The number of methoxy groups -OCH3 is 1. The van der Waals surface area contributed by atoms with Crippen LogP contribution in [0, 0.1) is 13.8 Å². The lowest BCUT2D eigenvalue weighted by molar-refractivity contribution is 0.0940. The zero-order chi connectivity index (χ0) is 21.1. The zero-order valence-corrected chi connectivity index (χ0v) is 17.2. The second kappa shape index (κ2) is 8.29. The molecular formula is C24H23N3O3. The topological polar surface area (TPSA) is 69.3 Å². The van der Waals surface area contributed by atoms with Crippen molar-refractivity contribution in [1.82, 2.24) is 15.1 Å². The van der Waals surface area contributed by atoms with Gasteiger partial charge >= 0.3 is 0 Å². The van der Waals surface area contributed by atoms with Gasteiger partial charge in [-0.15, -0.1) is 0 Å². The number of amides is 1. The average molecular weight is 401 g/mol. The highest BCUT2D eigenvalue weighted by atomic mass is 16.5. The number of ether oxygens (including phenoxy) is 1. The lowest BCUT2D eigenvalue weighted by atomic mass is 10.1. The Labute approximate surface area is 175 Å². The maximum Gasteiger partial charge on any atom is 0.270 e. The fraction of sp³-hybridized carbons (Fsp3) is 0.167. The Morgan fingerprint density at radius 1 is 1.10 bits per heavy atom. The van der Waals surface area contributed by atoms with E-state index < -0.39 is 0 Å². The number of nitrogens with one attached hydrogen (secondary N) is 1. The first kappa shape index (κ1) is 19.5. The van der Waals surface area contributed by atoms with Gasteiger partial charge in [0.05, 0.1) is 31.3 Å². The molecule has 30 heavy (non-hydrogen) atoms. The average Bonchev–Trinajstić information content (AvgIpc) is 3.44. The van der Waals surface area contributed by atoms with Crippen molar-refractivity contribution in [3.8, 4) is 22.7 Å². The number of carbonyl (C=O) groups is 1. The summed E-state index contributed by atoms with van der Waals surface area (Å²) in [5.74, 6) is 1.24. The van der Waals surface area contributed by atoms with Crippen LogP contribution in [0.4, 0.5) is 0 Å². The van der Waals surface area contributed by atoms with Gasteiger partial charge in [0.2, 0.25) is 0 Å². The highest BCUT2D eigenvalue weighted by molar-refractivity contribution is 5.94. The van der Waals surface area contributed by atoms with Crippen LogP contribution in [0.25, 0.3) is 16.9 Å². The first-order chi connectivity index (χ1) is 14.5. The molecule has 0 aliphatic heterocycles. The van der Waals surface area contributed by atoms with Crippen LogP contribution in [0.3, 0.4) is 0 Å². The minimum atomic E-state index is -0.223. The summed E-state index contributed by atoms with van der Waals surface area (Å²) in [5, 5.41) is 7.68. The van der Waals surface area contributed by atoms with Crippen LogP contribution in [-0.4, -0.2) is 22.8 Å². The van der Waals surface area contributed by atoms with Crippen molar-refractivity contribution in [2.24, 2.45) is 0 Å². The van der Waals surface area contributed by atoms with Crippen LogP contribution < -0.4 is 10.1 Å². The molecule has 0 aliphatic rings. The van der Waals surface area contributed by atoms with Gasteiger partial charge in [0.15, 0.2) is 0 Å². The minimum Gasteiger partial charge on any atom is -0.497 e. The first-order valence-corrected chi connectivity index (χ1v) is 9.68. The molecule has 0 spiro atoms. The van der Waals surface area contributed by atoms with Crippen LogP contribution in [-0.2, 0) is 6.54 Å². The third-order valence-corrected chi connectivity index (χ3v) is 4.92. The van der Waals surface area contributed by atoms with Gasteiger partial charge in [-0.1, -0.05) is 12.1 Å². The van der Waals surface area contributed by atoms with Crippen molar-refractivity contribution >= 4 is 5.91 Å². The molecule has 6 nitrogen and oxygen atoms in total. The molecule has 2 aromatic carbocycles. The number of hydrogen-bond donors (Lipinski definition) is 1. The Morgan fingerprint density at radius 3 is 2.60 bits per heavy atom. The van der Waals surface area contributed by atoms with Gasteiger partial charge in [-0.25, -0.2) is 4.68 Å². The standard InChI is InChI=1S/C24H23N3O3/c1-16-6-7-17(2)22(13-16)27-23(24(28)25-15-20-5-4-12-30-20)14-21(26-27)18-8-10-19(29-3)11-9-18/h4-14H,15H2,1-3H3,(H,25,28). The SMILES string of the molecule is COc1ccc(-c2cc(C(=O)NCc3ccco3)n(-c3cc(C)ccc3C)n2)cc1. The summed E-state index contributed by atoms with van der Waals surface area (Å²) in [4.78, 5) is 13.0. The summed E-state index contributed by atoms with van der Waals surface area (Å²) in [7, 11) is 1.63. The fourth-order valence-corrected chi connectivity index (χ4v) is 3.25. The van der Waals surface area contributed by atoms with Crippen molar-refractivity contribution in [3.63, 3.8) is 0 Å². The van der Waals surface area contributed by atoms with Gasteiger partial charge in [0, 0.05) is 5.56 Å². The number of hydrogen-bond acceptors (Lipinski definition) is 4. The van der Waals surface area contributed by atoms with Crippen LogP contribution in [0.1, 0.15) is 27.4 Å². The maximum atomic E-state index is 13.0. The second-order valence-corrected chi connectivity index (χ2v) is 7.11. The van der Waals surface area contributed by atoms with Gasteiger partial charge in [-0.3, -0.25) is 4.79 Å². The Hall–Kier alpha value is -3.80. The number of nitrogens with zero attached hydrogens (tertiary/aromatic N) is 2. The summed E-state index contributed by atoms with van der Waals surface area (Å²) in [6.07, 6.45) is 1.59. The molecular weight excluding hydrogens is 378 g/mol. The highest BCUT2D eigenvalue weighted by Gasteiger charge is 2.19. The van der Waals surface area contributed by atoms with Gasteiger partial charge in [-0.05, 0) is 73.5 Å². The van der Waals surface area contributed by atoms with Crippen LogP contribution in [0.2, 0.25) is 0 Å². The molecule has 152 valence electrons. The quantitative estimate of drug-likeness (QED) is 0.509. The lowest BCUT2D eigenvalue weighted by Crippen LogP contribution is -2.25. The van der Waals surface area contributed by atoms with Crippen molar-refractivity contribution in [2.45, 2.75) is 20.4 Å². The van der Waals surface area contributed by atoms with Crippen molar-refractivity contribution in [1.29, 1.82) is 0 Å². The third kappa shape index (κ3) is 3.98. The smallest absolute Gasteiger partial charge is 0.270 e. The number of aryl methyl sites for hydroxylation is 2. The van der Waals surface area contributed by atoms with Crippen LogP contribution >= 0.6 is 0 Å². The van der Waals surface area contributed by atoms with E-state index in [9.17, 15) is 4.79 Å². The first-order valence-electron chi connectivity index (χ1n) is 9.68. The lowest BCUT2D eigenvalue weighted by Gasteiger charge is -2.11. The van der Waals surface area contributed by atoms with Gasteiger partial charge < -0.3 is 14.5 Å². The molecule has 0 atom stereocenters. The number of rotatable bonds is 6. The summed E-state index contributed by atoms with van der Waals surface area (Å²) >= 11 is 0. The molecule has 4 aromatic rings. The summed E-state index contributed by atoms with van der Waals surface area (Å²) in [6, 6.07) is 19.1. The minimum absolute atomic E-state index is 0.223. The molecule has 6 heteroatoms. The Kier molecular flexibility index (Phi) is 5.39. The van der Waals surface area contributed by atoms with Crippen molar-refractivity contribution in [3.05, 3.63) is 89.5 Å². The van der Waals surface area contributed by atoms with Crippen molar-refractivity contribution in [2.75, 3.05) is 7.11 Å². The van der Waals surface area contributed by atoms with E-state index in [1.165, 1.54) is 0 Å². The Bertz CT molecular complexity index is 1160. The maximum absolute atomic E-state index is 13.0. The second-order valence-electron chi connectivity index (χ2n) is 7.11. The number of carbonyl (C=O) groups excluding carboxylic acids is 1. The summed E-state index contributed by atoms with van der Waals surface area (Å²) in [6.45, 7) is 4.34. The molecule has 0 bridgehead atoms. The molecule has 0 aliphatic carbocycles. The molecule has 1 amide bonds. The molecule has 0 saturated heterocycles. The molecule has 0 saturated carbocycles.